The molecule has 1 aliphatic rings. The number of benzene rings is 3. The summed E-state index contributed by atoms with van der Waals surface area (Å²) < 4.78 is 41.6. The number of amides is 2. The van der Waals surface area contributed by atoms with Gasteiger partial charge in [0.05, 0.1) is 21.2 Å². The summed E-state index contributed by atoms with van der Waals surface area (Å²) in [6.07, 6.45) is 0. The average Bonchev–Trinajstić information content (AvgIpc) is 3.22. The number of hydrogen-bond donors (Lipinski definition) is 3. The van der Waals surface area contributed by atoms with E-state index < -0.39 is 27.7 Å². The minimum Gasteiger partial charge on any atom is -0.355 e. The first-order valence-corrected chi connectivity index (χ1v) is 11.5. The average molecular weight is 489 g/mol. The molecule has 0 bridgehead atoms. The van der Waals surface area contributed by atoms with Crippen molar-refractivity contribution in [3.8, 4) is 0 Å². The van der Waals surface area contributed by atoms with Gasteiger partial charge in [0.2, 0.25) is 0 Å². The third-order valence-corrected chi connectivity index (χ3v) is 7.00. The zero-order valence-electron chi connectivity index (χ0n) is 17.2. The maximum atomic E-state index is 14.1. The van der Waals surface area contributed by atoms with Crippen molar-refractivity contribution in [2.24, 2.45) is 0 Å². The van der Waals surface area contributed by atoms with Crippen LogP contribution in [0.1, 0.15) is 26.3 Å². The van der Waals surface area contributed by atoms with Gasteiger partial charge in [-0.2, -0.15) is 12.8 Å². The fraction of sp³-hybridized carbons (Fsp3) is 0.0909. The Morgan fingerprint density at radius 1 is 1.06 bits per heavy atom. The molecule has 8 nitrogen and oxygen atoms in total. The molecule has 11 heteroatoms. The van der Waals surface area contributed by atoms with Gasteiger partial charge in [0, 0.05) is 24.8 Å². The molecule has 33 heavy (non-hydrogen) atoms. The van der Waals surface area contributed by atoms with Crippen LogP contribution in [-0.4, -0.2) is 27.3 Å². The number of fused-ring (bicyclic) bond motifs is 1. The smallest absolute Gasteiger partial charge is 0.277 e. The zero-order valence-corrected chi connectivity index (χ0v) is 18.8. The van der Waals surface area contributed by atoms with Crippen LogP contribution >= 0.6 is 11.6 Å². The number of carbonyl (C=O) groups is 2. The van der Waals surface area contributed by atoms with Gasteiger partial charge in [0.15, 0.2) is 0 Å². The van der Waals surface area contributed by atoms with E-state index in [9.17, 15) is 22.4 Å². The van der Waals surface area contributed by atoms with Crippen LogP contribution in [0.15, 0.2) is 65.6 Å². The maximum absolute atomic E-state index is 14.1. The lowest BCUT2D eigenvalue weighted by Gasteiger charge is -2.20. The molecule has 1 heterocycles. The number of anilines is 2. The minimum atomic E-state index is -4.08. The second-order valence-electron chi connectivity index (χ2n) is 7.11. The quantitative estimate of drug-likeness (QED) is 0.510. The first-order valence-electron chi connectivity index (χ1n) is 9.71. The molecule has 0 aliphatic carbocycles. The topological polar surface area (TPSA) is 108 Å². The second kappa shape index (κ2) is 8.81. The lowest BCUT2D eigenvalue weighted by molar-refractivity contribution is 0.0961. The molecule has 2 amide bonds. The summed E-state index contributed by atoms with van der Waals surface area (Å²) in [5.41, 5.74) is 3.90. The fourth-order valence-electron chi connectivity index (χ4n) is 3.39. The number of sulfonamides is 1. The summed E-state index contributed by atoms with van der Waals surface area (Å²) in [4.78, 5) is 24.4. The van der Waals surface area contributed by atoms with Crippen molar-refractivity contribution in [1.82, 2.24) is 10.7 Å². The van der Waals surface area contributed by atoms with Gasteiger partial charge >= 0.3 is 0 Å². The maximum Gasteiger partial charge on any atom is 0.277 e. The Morgan fingerprint density at radius 2 is 1.82 bits per heavy atom. The SMILES string of the molecule is CNC(=O)c1cccc(S(=O)(=O)N2NCc3ccc(NC(=O)c4c(F)cccc4Cl)cc32)c1. The van der Waals surface area contributed by atoms with Gasteiger partial charge in [-0.05, 0) is 48.0 Å². The Hall–Kier alpha value is -3.47. The van der Waals surface area contributed by atoms with E-state index >= 15 is 0 Å². The van der Waals surface area contributed by atoms with E-state index in [1.165, 1.54) is 49.5 Å². The molecule has 0 unspecified atom stereocenters. The molecule has 4 rings (SSSR count). The molecule has 3 aromatic carbocycles. The van der Waals surface area contributed by atoms with E-state index in [-0.39, 0.29) is 39.0 Å². The molecule has 170 valence electrons. The fourth-order valence-corrected chi connectivity index (χ4v) is 5.04. The van der Waals surface area contributed by atoms with E-state index in [0.717, 1.165) is 10.5 Å². The first kappa shape index (κ1) is 22.7. The van der Waals surface area contributed by atoms with Crippen molar-refractivity contribution in [3.63, 3.8) is 0 Å². The third-order valence-electron chi connectivity index (χ3n) is 5.03. The Labute approximate surface area is 194 Å². The van der Waals surface area contributed by atoms with Gasteiger partial charge < -0.3 is 10.6 Å². The largest absolute Gasteiger partial charge is 0.355 e. The van der Waals surface area contributed by atoms with Crippen LogP contribution in [0.25, 0.3) is 0 Å². The summed E-state index contributed by atoms with van der Waals surface area (Å²) in [5, 5.41) is 4.95. The summed E-state index contributed by atoms with van der Waals surface area (Å²) in [7, 11) is -2.63. The molecule has 0 fully saturated rings. The molecule has 3 N–H and O–H groups in total. The first-order chi connectivity index (χ1) is 15.7. The summed E-state index contributed by atoms with van der Waals surface area (Å²) >= 11 is 5.95. The predicted molar refractivity (Wildman–Crippen MR) is 122 cm³/mol. The highest BCUT2D eigenvalue weighted by atomic mass is 35.5. The van der Waals surface area contributed by atoms with Crippen LogP contribution in [0.4, 0.5) is 15.8 Å². The van der Waals surface area contributed by atoms with Crippen molar-refractivity contribution < 1.29 is 22.4 Å². The van der Waals surface area contributed by atoms with Crippen molar-refractivity contribution >= 4 is 44.8 Å². The van der Waals surface area contributed by atoms with Crippen LogP contribution in [0.3, 0.4) is 0 Å². The highest BCUT2D eigenvalue weighted by Gasteiger charge is 2.32. The highest BCUT2D eigenvalue weighted by molar-refractivity contribution is 7.92. The lowest BCUT2D eigenvalue weighted by Crippen LogP contribution is -2.38. The number of hydrogen-bond acceptors (Lipinski definition) is 5. The number of carbonyl (C=O) groups excluding carboxylic acids is 2. The Bertz CT molecular complexity index is 1360. The van der Waals surface area contributed by atoms with Crippen LogP contribution in [-0.2, 0) is 16.6 Å². The van der Waals surface area contributed by atoms with E-state index in [1.807, 2.05) is 0 Å². The van der Waals surface area contributed by atoms with Gasteiger partial charge in [-0.1, -0.05) is 29.8 Å². The number of nitrogens with one attached hydrogen (secondary N) is 3. The van der Waals surface area contributed by atoms with Gasteiger partial charge in [-0.25, -0.2) is 9.82 Å². The van der Waals surface area contributed by atoms with E-state index in [4.69, 9.17) is 11.6 Å². The zero-order chi connectivity index (χ0) is 23.8. The van der Waals surface area contributed by atoms with E-state index in [1.54, 1.807) is 12.1 Å². The van der Waals surface area contributed by atoms with Gasteiger partial charge in [-0.15, -0.1) is 0 Å². The number of hydrazine groups is 1. The van der Waals surface area contributed by atoms with Crippen LogP contribution < -0.4 is 20.5 Å². The second-order valence-corrected chi connectivity index (χ2v) is 9.30. The number of rotatable bonds is 5. The Morgan fingerprint density at radius 3 is 2.55 bits per heavy atom. The van der Waals surface area contributed by atoms with Crippen LogP contribution in [0, 0.1) is 5.82 Å². The molecule has 0 aromatic heterocycles. The van der Waals surface area contributed by atoms with Crippen molar-refractivity contribution in [3.05, 3.63) is 88.2 Å². The molecule has 0 radical (unpaired) electrons. The van der Waals surface area contributed by atoms with E-state index in [0.29, 0.717) is 5.56 Å². The molecule has 0 saturated carbocycles. The van der Waals surface area contributed by atoms with Crippen molar-refractivity contribution in [2.45, 2.75) is 11.4 Å². The van der Waals surface area contributed by atoms with Crippen LogP contribution in [0.5, 0.6) is 0 Å². The molecule has 1 aliphatic heterocycles. The Balaban J connectivity index is 1.65. The van der Waals surface area contributed by atoms with Gasteiger partial charge in [0.1, 0.15) is 5.82 Å². The van der Waals surface area contributed by atoms with Crippen molar-refractivity contribution in [2.75, 3.05) is 16.8 Å². The summed E-state index contributed by atoms with van der Waals surface area (Å²) in [5.74, 6) is -1.96. The molecule has 0 saturated heterocycles. The van der Waals surface area contributed by atoms with Gasteiger partial charge in [0.25, 0.3) is 21.8 Å². The van der Waals surface area contributed by atoms with Crippen molar-refractivity contribution in [1.29, 1.82) is 0 Å². The molecule has 0 atom stereocenters. The number of halogens is 2. The number of nitrogens with zero attached hydrogens (tertiary/aromatic N) is 1. The highest BCUT2D eigenvalue weighted by Crippen LogP contribution is 2.33. The normalized spacial score (nSPS) is 12.9. The standard InChI is InChI=1S/C22H18ClFN4O4S/c1-25-21(29)13-4-2-5-16(10-13)33(31,32)28-19-11-15(9-8-14(19)12-26-28)27-22(30)20-17(23)6-3-7-18(20)24/h2-11,26H,12H2,1H3,(H,25,29)(H,27,30). The molecular formula is C22H18ClFN4O4S. The summed E-state index contributed by atoms with van der Waals surface area (Å²) in [6, 6.07) is 14.2. The summed E-state index contributed by atoms with van der Waals surface area (Å²) in [6.45, 7) is 0.233. The van der Waals surface area contributed by atoms with Gasteiger partial charge in [-0.3, -0.25) is 9.59 Å². The molecule has 3 aromatic rings. The molecular weight excluding hydrogens is 471 g/mol. The minimum absolute atomic E-state index is 0.0458. The predicted octanol–water partition coefficient (Wildman–Crippen LogP) is 3.30. The monoisotopic (exact) mass is 488 g/mol. The molecule has 0 spiro atoms. The third kappa shape index (κ3) is 4.28. The Kier molecular flexibility index (Phi) is 6.07. The van der Waals surface area contributed by atoms with E-state index in [2.05, 4.69) is 16.1 Å². The van der Waals surface area contributed by atoms with Crippen LogP contribution in [0.2, 0.25) is 5.02 Å². The lowest BCUT2D eigenvalue weighted by atomic mass is 10.1.